The number of esters is 2. The van der Waals surface area contributed by atoms with Crippen molar-refractivity contribution >= 4 is 17.7 Å². The van der Waals surface area contributed by atoms with Crippen molar-refractivity contribution < 1.29 is 34.1 Å². The molecule has 2 bridgehead atoms. The Morgan fingerprint density at radius 2 is 1.92 bits per heavy atom. The monoisotopic (exact) mass is 368 g/mol. The summed E-state index contributed by atoms with van der Waals surface area (Å²) in [6.45, 7) is 8.21. The zero-order valence-electron chi connectivity index (χ0n) is 15.9. The fraction of sp³-hybridized carbons (Fsp3) is 0.842. The number of ether oxygens (including phenoxy) is 2. The molecule has 2 N–H and O–H groups in total. The van der Waals surface area contributed by atoms with Gasteiger partial charge in [0.2, 0.25) is 0 Å². The molecule has 0 unspecified atom stereocenters. The molecule has 1 saturated heterocycles. The van der Waals surface area contributed by atoms with Crippen LogP contribution in [0.5, 0.6) is 0 Å². The Hall–Kier alpha value is -1.47. The van der Waals surface area contributed by atoms with E-state index in [-0.39, 0.29) is 24.5 Å². The van der Waals surface area contributed by atoms with Crippen molar-refractivity contribution in [1.29, 1.82) is 0 Å². The number of Topliss-reactive ketones (excluding diaryl/α,β-unsaturated/α-hetero) is 1. The van der Waals surface area contributed by atoms with Crippen LogP contribution in [0.2, 0.25) is 0 Å². The second-order valence-corrected chi connectivity index (χ2v) is 8.87. The number of fused-ring (bicyclic) bond motifs is 4. The second-order valence-electron chi connectivity index (χ2n) is 8.87. The molecule has 3 aliphatic rings. The number of ketones is 1. The Kier molecular flexibility index (Phi) is 4.47. The van der Waals surface area contributed by atoms with Gasteiger partial charge in [0.1, 0.15) is 12.2 Å². The highest BCUT2D eigenvalue weighted by Crippen LogP contribution is 2.55. The van der Waals surface area contributed by atoms with Crippen molar-refractivity contribution in [2.24, 2.45) is 29.1 Å². The molecular formula is C19H28O7. The molecule has 1 heterocycles. The molecule has 7 nitrogen and oxygen atoms in total. The Morgan fingerprint density at radius 3 is 2.50 bits per heavy atom. The summed E-state index contributed by atoms with van der Waals surface area (Å²) < 4.78 is 11.2. The third-order valence-corrected chi connectivity index (χ3v) is 6.66. The molecule has 1 aliphatic heterocycles. The van der Waals surface area contributed by atoms with Crippen LogP contribution < -0.4 is 0 Å². The van der Waals surface area contributed by atoms with Crippen LogP contribution >= 0.6 is 0 Å². The van der Waals surface area contributed by atoms with Crippen molar-refractivity contribution in [3.8, 4) is 0 Å². The van der Waals surface area contributed by atoms with Crippen LogP contribution in [0, 0.1) is 29.1 Å². The highest BCUT2D eigenvalue weighted by molar-refractivity contribution is 5.92. The van der Waals surface area contributed by atoms with Crippen LogP contribution in [0.15, 0.2) is 0 Å². The van der Waals surface area contributed by atoms with E-state index in [4.69, 9.17) is 9.47 Å². The SMILES string of the molecule is CC(C)C(=O)O[C@@H]1C[C@@](C)(O)[C@@H]2C[C@H](O)[C@@](C)(C2=O)[C@H]2OC(=O)[C@@H](C)[C@H]12. The van der Waals surface area contributed by atoms with Crippen LogP contribution in [-0.4, -0.2) is 51.8 Å². The van der Waals surface area contributed by atoms with Gasteiger partial charge in [-0.25, -0.2) is 0 Å². The lowest BCUT2D eigenvalue weighted by Crippen LogP contribution is -2.56. The molecule has 3 rings (SSSR count). The van der Waals surface area contributed by atoms with Crippen molar-refractivity contribution in [2.75, 3.05) is 0 Å². The number of hydrogen-bond acceptors (Lipinski definition) is 7. The van der Waals surface area contributed by atoms with E-state index in [0.717, 1.165) is 0 Å². The minimum Gasteiger partial charge on any atom is -0.462 e. The maximum Gasteiger partial charge on any atom is 0.309 e. The van der Waals surface area contributed by atoms with Gasteiger partial charge in [-0.1, -0.05) is 20.8 Å². The smallest absolute Gasteiger partial charge is 0.309 e. The van der Waals surface area contributed by atoms with Gasteiger partial charge in [-0.15, -0.1) is 0 Å². The summed E-state index contributed by atoms with van der Waals surface area (Å²) in [7, 11) is 0. The molecule has 7 heteroatoms. The molecule has 0 spiro atoms. The van der Waals surface area contributed by atoms with Gasteiger partial charge >= 0.3 is 11.9 Å². The summed E-state index contributed by atoms with van der Waals surface area (Å²) in [6, 6.07) is 0. The molecule has 2 saturated carbocycles. The average Bonchev–Trinajstić information content (AvgIpc) is 2.96. The Balaban J connectivity index is 2.09. The first-order chi connectivity index (χ1) is 11.9. The maximum absolute atomic E-state index is 13.1. The maximum atomic E-state index is 13.1. The fourth-order valence-electron chi connectivity index (χ4n) is 4.84. The molecule has 0 aromatic rings. The van der Waals surface area contributed by atoms with E-state index in [1.54, 1.807) is 27.7 Å². The number of aliphatic hydroxyl groups excluding tert-OH is 1. The van der Waals surface area contributed by atoms with Crippen molar-refractivity contribution in [1.82, 2.24) is 0 Å². The molecular weight excluding hydrogens is 340 g/mol. The van der Waals surface area contributed by atoms with Gasteiger partial charge in [0.15, 0.2) is 5.78 Å². The second kappa shape index (κ2) is 6.02. The third-order valence-electron chi connectivity index (χ3n) is 6.66. The quantitative estimate of drug-likeness (QED) is 0.695. The zero-order chi connectivity index (χ0) is 19.6. The molecule has 0 aromatic heterocycles. The lowest BCUT2D eigenvalue weighted by Gasteiger charge is -2.43. The Bertz CT molecular complexity index is 640. The fourth-order valence-corrected chi connectivity index (χ4v) is 4.84. The first-order valence-electron chi connectivity index (χ1n) is 9.27. The highest BCUT2D eigenvalue weighted by Gasteiger charge is 2.68. The highest BCUT2D eigenvalue weighted by atomic mass is 16.6. The van der Waals surface area contributed by atoms with E-state index in [9.17, 15) is 24.6 Å². The lowest BCUT2D eigenvalue weighted by molar-refractivity contribution is -0.174. The Labute approximate surface area is 153 Å². The van der Waals surface area contributed by atoms with Crippen LogP contribution in [-0.2, 0) is 23.9 Å². The van der Waals surface area contributed by atoms with Crippen LogP contribution in [0.3, 0.4) is 0 Å². The minimum absolute atomic E-state index is 0.0206. The zero-order valence-corrected chi connectivity index (χ0v) is 15.9. The van der Waals surface area contributed by atoms with Gasteiger partial charge < -0.3 is 19.7 Å². The largest absolute Gasteiger partial charge is 0.462 e. The van der Waals surface area contributed by atoms with E-state index in [2.05, 4.69) is 0 Å². The van der Waals surface area contributed by atoms with E-state index in [1.807, 2.05) is 0 Å². The van der Waals surface area contributed by atoms with E-state index in [1.165, 1.54) is 6.92 Å². The Morgan fingerprint density at radius 1 is 1.31 bits per heavy atom. The van der Waals surface area contributed by atoms with Gasteiger partial charge in [0, 0.05) is 18.3 Å². The van der Waals surface area contributed by atoms with Gasteiger partial charge in [-0.05, 0) is 20.3 Å². The van der Waals surface area contributed by atoms with Gasteiger partial charge in [-0.3, -0.25) is 14.4 Å². The molecule has 8 atom stereocenters. The number of hydrogen-bond donors (Lipinski definition) is 2. The number of carbonyl (C=O) groups is 3. The molecule has 2 aliphatic carbocycles. The molecule has 146 valence electrons. The lowest BCUT2D eigenvalue weighted by atomic mass is 9.65. The van der Waals surface area contributed by atoms with E-state index < -0.39 is 59.0 Å². The predicted octanol–water partition coefficient (Wildman–Crippen LogP) is 0.843. The van der Waals surface area contributed by atoms with Crippen molar-refractivity contribution in [2.45, 2.75) is 71.4 Å². The normalized spacial score (nSPS) is 48.0. The van der Waals surface area contributed by atoms with Crippen LogP contribution in [0.1, 0.15) is 47.5 Å². The van der Waals surface area contributed by atoms with Crippen molar-refractivity contribution in [3.05, 3.63) is 0 Å². The number of carbonyl (C=O) groups excluding carboxylic acids is 3. The topological polar surface area (TPSA) is 110 Å². The average molecular weight is 368 g/mol. The summed E-state index contributed by atoms with van der Waals surface area (Å²) in [5.41, 5.74) is -2.77. The molecule has 0 amide bonds. The minimum atomic E-state index is -1.45. The third kappa shape index (κ3) is 2.59. The summed E-state index contributed by atoms with van der Waals surface area (Å²) in [4.78, 5) is 37.6. The van der Waals surface area contributed by atoms with Gasteiger partial charge in [-0.2, -0.15) is 0 Å². The first kappa shape index (κ1) is 19.3. The predicted molar refractivity (Wildman–Crippen MR) is 89.7 cm³/mol. The summed E-state index contributed by atoms with van der Waals surface area (Å²) >= 11 is 0. The van der Waals surface area contributed by atoms with Gasteiger partial charge in [0.25, 0.3) is 0 Å². The number of aliphatic hydroxyl groups is 2. The molecule has 26 heavy (non-hydrogen) atoms. The summed E-state index contributed by atoms with van der Waals surface area (Å²) in [6.07, 6.45) is -2.56. The van der Waals surface area contributed by atoms with Crippen LogP contribution in [0.25, 0.3) is 0 Å². The van der Waals surface area contributed by atoms with Crippen LogP contribution in [0.4, 0.5) is 0 Å². The van der Waals surface area contributed by atoms with E-state index >= 15 is 0 Å². The summed E-state index contributed by atoms with van der Waals surface area (Å²) in [5.74, 6) is -3.55. The van der Waals surface area contributed by atoms with Gasteiger partial charge in [0.05, 0.1) is 29.0 Å². The standard InChI is InChI=1S/C19H28O7/c1-8(2)16(22)25-11-7-18(4,24)10-6-12(20)19(5,14(10)21)15-13(11)9(3)17(23)26-15/h8-13,15,20,24H,6-7H2,1-5H3/t9-,10+,11+,12-,13+,15-,18+,19-/m0/s1. The molecule has 3 fully saturated rings. The number of rotatable bonds is 2. The first-order valence-corrected chi connectivity index (χ1v) is 9.27. The molecule has 0 radical (unpaired) electrons. The summed E-state index contributed by atoms with van der Waals surface area (Å²) in [5, 5.41) is 21.7. The van der Waals surface area contributed by atoms with E-state index in [0.29, 0.717) is 0 Å². The molecule has 0 aromatic carbocycles. The van der Waals surface area contributed by atoms with Crippen molar-refractivity contribution in [3.63, 3.8) is 0 Å².